The van der Waals surface area contributed by atoms with E-state index >= 15 is 0 Å². The lowest BCUT2D eigenvalue weighted by Gasteiger charge is -2.15. The summed E-state index contributed by atoms with van der Waals surface area (Å²) in [5, 5.41) is 9.47. The minimum absolute atomic E-state index is 0.113. The molecule has 0 bridgehead atoms. The topological polar surface area (TPSA) is 72.8 Å². The average Bonchev–Trinajstić information content (AvgIpc) is 2.96. The Kier molecular flexibility index (Phi) is 28.8. The first-order chi connectivity index (χ1) is 19.6. The third-order valence-corrected chi connectivity index (χ3v) is 6.11. The van der Waals surface area contributed by atoms with Crippen LogP contribution >= 0.6 is 0 Å². The van der Waals surface area contributed by atoms with Crippen LogP contribution in [0.4, 0.5) is 0 Å². The van der Waals surface area contributed by atoms with Gasteiger partial charge in [-0.25, -0.2) is 0 Å². The van der Waals surface area contributed by atoms with E-state index in [4.69, 9.17) is 9.47 Å². The largest absolute Gasteiger partial charge is 0.462 e. The number of unbranched alkanes of at least 4 members (excludes halogenated alkanes) is 10. The summed E-state index contributed by atoms with van der Waals surface area (Å²) < 4.78 is 10.5. The Bertz CT molecular complexity index is 773. The lowest BCUT2D eigenvalue weighted by molar-refractivity contribution is -0.161. The maximum absolute atomic E-state index is 12.1. The van der Waals surface area contributed by atoms with E-state index in [1.807, 2.05) is 54.7 Å². The number of ether oxygens (including phenoxy) is 2. The molecule has 1 N–H and O–H groups in total. The van der Waals surface area contributed by atoms with Crippen molar-refractivity contribution in [2.75, 3.05) is 13.2 Å². The Morgan fingerprint density at radius 2 is 1.12 bits per heavy atom. The number of allylic oxidation sites excluding steroid dienone is 12. The zero-order chi connectivity index (χ0) is 29.4. The van der Waals surface area contributed by atoms with Crippen LogP contribution in [0.1, 0.15) is 117 Å². The van der Waals surface area contributed by atoms with Gasteiger partial charge in [-0.3, -0.25) is 9.59 Å². The van der Waals surface area contributed by atoms with E-state index in [2.05, 4.69) is 32.1 Å². The molecule has 5 nitrogen and oxygen atoms in total. The number of aliphatic hydroxyl groups excluding tert-OH is 1. The van der Waals surface area contributed by atoms with Crippen molar-refractivity contribution in [3.8, 4) is 0 Å². The number of hydrogen-bond donors (Lipinski definition) is 1. The van der Waals surface area contributed by atoms with E-state index in [0.717, 1.165) is 44.9 Å². The van der Waals surface area contributed by atoms with Gasteiger partial charge >= 0.3 is 11.9 Å². The number of aliphatic hydroxyl groups is 1. The van der Waals surface area contributed by atoms with Gasteiger partial charge in [0, 0.05) is 12.8 Å². The van der Waals surface area contributed by atoms with E-state index in [-0.39, 0.29) is 31.6 Å². The van der Waals surface area contributed by atoms with E-state index in [9.17, 15) is 14.7 Å². The predicted molar refractivity (Wildman–Crippen MR) is 168 cm³/mol. The standard InChI is InChI=1S/C35H56O5/c1-3-5-7-9-11-13-15-17-19-21-23-25-27-29-34(37)39-32-33(31-36)40-35(38)30-28-26-24-22-20-18-16-14-12-10-8-6-4-2/h5,7,9,11,13,15,17-21,23,33,36H,3-4,6,8,10,12,14,16,22,24-32H2,1-2H3/b7-5+,11-9+,15-13+,19-17+,20-18+,23-21+. The van der Waals surface area contributed by atoms with E-state index in [1.54, 1.807) is 0 Å². The first kappa shape index (κ1) is 37.3. The second kappa shape index (κ2) is 30.9. The predicted octanol–water partition coefficient (Wildman–Crippen LogP) is 9.05. The average molecular weight is 557 g/mol. The van der Waals surface area contributed by atoms with E-state index in [1.165, 1.54) is 38.5 Å². The molecule has 0 rings (SSSR count). The highest BCUT2D eigenvalue weighted by Gasteiger charge is 2.15. The molecule has 0 fully saturated rings. The van der Waals surface area contributed by atoms with Gasteiger partial charge in [0.15, 0.2) is 6.10 Å². The summed E-state index contributed by atoms with van der Waals surface area (Å²) in [5.41, 5.74) is 0. The quantitative estimate of drug-likeness (QED) is 0.0498. The summed E-state index contributed by atoms with van der Waals surface area (Å²) in [6, 6.07) is 0. The number of rotatable bonds is 26. The Labute approximate surface area is 244 Å². The van der Waals surface area contributed by atoms with Gasteiger partial charge in [-0.05, 0) is 51.4 Å². The van der Waals surface area contributed by atoms with Crippen LogP contribution in [0.2, 0.25) is 0 Å². The summed E-state index contributed by atoms with van der Waals surface area (Å²) >= 11 is 0. The molecule has 0 aromatic heterocycles. The van der Waals surface area contributed by atoms with E-state index in [0.29, 0.717) is 12.8 Å². The minimum Gasteiger partial charge on any atom is -0.462 e. The van der Waals surface area contributed by atoms with Gasteiger partial charge < -0.3 is 14.6 Å². The summed E-state index contributed by atoms with van der Waals surface area (Å²) in [4.78, 5) is 24.0. The molecule has 0 aliphatic rings. The van der Waals surface area contributed by atoms with Gasteiger partial charge in [-0.2, -0.15) is 0 Å². The normalized spacial score (nSPS) is 13.2. The van der Waals surface area contributed by atoms with Crippen LogP contribution in [-0.4, -0.2) is 36.4 Å². The molecule has 226 valence electrons. The van der Waals surface area contributed by atoms with Crippen molar-refractivity contribution >= 4 is 11.9 Å². The van der Waals surface area contributed by atoms with Gasteiger partial charge in [0.25, 0.3) is 0 Å². The molecule has 0 saturated carbocycles. The van der Waals surface area contributed by atoms with Crippen LogP contribution in [0, 0.1) is 0 Å². The first-order valence-corrected chi connectivity index (χ1v) is 15.6. The van der Waals surface area contributed by atoms with Crippen molar-refractivity contribution in [3.05, 3.63) is 72.9 Å². The Hall–Kier alpha value is -2.66. The van der Waals surface area contributed by atoms with Crippen LogP contribution in [0.3, 0.4) is 0 Å². The molecule has 0 radical (unpaired) electrons. The van der Waals surface area contributed by atoms with Crippen molar-refractivity contribution in [1.29, 1.82) is 0 Å². The highest BCUT2D eigenvalue weighted by molar-refractivity contribution is 5.70. The van der Waals surface area contributed by atoms with Crippen LogP contribution < -0.4 is 0 Å². The molecule has 0 heterocycles. The molecule has 1 atom stereocenters. The van der Waals surface area contributed by atoms with Gasteiger partial charge in [0.2, 0.25) is 0 Å². The third-order valence-electron chi connectivity index (χ3n) is 6.11. The summed E-state index contributed by atoms with van der Waals surface area (Å²) in [7, 11) is 0. The molecule has 5 heteroatoms. The first-order valence-electron chi connectivity index (χ1n) is 15.6. The Balaban J connectivity index is 3.79. The van der Waals surface area contributed by atoms with Gasteiger partial charge in [-0.15, -0.1) is 0 Å². The van der Waals surface area contributed by atoms with Crippen LogP contribution in [-0.2, 0) is 19.1 Å². The van der Waals surface area contributed by atoms with Gasteiger partial charge in [0.1, 0.15) is 6.61 Å². The Morgan fingerprint density at radius 3 is 1.75 bits per heavy atom. The molecular formula is C35H56O5. The fourth-order valence-electron chi connectivity index (χ4n) is 3.75. The highest BCUT2D eigenvalue weighted by atomic mass is 16.6. The Morgan fingerprint density at radius 1 is 0.600 bits per heavy atom. The maximum atomic E-state index is 12.1. The molecule has 0 spiro atoms. The fourth-order valence-corrected chi connectivity index (χ4v) is 3.75. The molecule has 0 aromatic carbocycles. The van der Waals surface area contributed by atoms with E-state index < -0.39 is 6.10 Å². The SMILES string of the molecule is CC/C=C/C=C/C=C/C=C/C=C/CCCC(=O)OCC(CO)OC(=O)CCCCC/C=C/CCCCCCCC. The van der Waals surface area contributed by atoms with Gasteiger partial charge in [-0.1, -0.05) is 125 Å². The highest BCUT2D eigenvalue weighted by Crippen LogP contribution is 2.09. The summed E-state index contributed by atoms with van der Waals surface area (Å²) in [6.07, 6.45) is 39.6. The summed E-state index contributed by atoms with van der Waals surface area (Å²) in [6.45, 7) is 3.87. The maximum Gasteiger partial charge on any atom is 0.306 e. The minimum atomic E-state index is -0.808. The smallest absolute Gasteiger partial charge is 0.306 e. The van der Waals surface area contributed by atoms with Crippen molar-refractivity contribution in [1.82, 2.24) is 0 Å². The molecule has 0 aliphatic carbocycles. The molecule has 1 unspecified atom stereocenters. The molecule has 0 aliphatic heterocycles. The number of hydrogen-bond acceptors (Lipinski definition) is 5. The zero-order valence-electron chi connectivity index (χ0n) is 25.3. The number of esters is 2. The molecule has 0 aromatic rings. The van der Waals surface area contributed by atoms with Crippen molar-refractivity contribution in [2.45, 2.75) is 123 Å². The van der Waals surface area contributed by atoms with Crippen LogP contribution in [0.5, 0.6) is 0 Å². The second-order valence-electron chi connectivity index (χ2n) is 9.92. The van der Waals surface area contributed by atoms with Crippen molar-refractivity contribution < 1.29 is 24.2 Å². The lowest BCUT2D eigenvalue weighted by Crippen LogP contribution is -2.28. The molecule has 40 heavy (non-hydrogen) atoms. The monoisotopic (exact) mass is 556 g/mol. The third kappa shape index (κ3) is 28.4. The molecule has 0 amide bonds. The van der Waals surface area contributed by atoms with Crippen LogP contribution in [0.15, 0.2) is 72.9 Å². The molecule has 0 saturated heterocycles. The molecular weight excluding hydrogens is 500 g/mol. The zero-order valence-corrected chi connectivity index (χ0v) is 25.3. The fraction of sp³-hybridized carbons (Fsp3) is 0.600. The van der Waals surface area contributed by atoms with Crippen molar-refractivity contribution in [2.24, 2.45) is 0 Å². The summed E-state index contributed by atoms with van der Waals surface area (Å²) in [5.74, 6) is -0.707. The van der Waals surface area contributed by atoms with Crippen molar-refractivity contribution in [3.63, 3.8) is 0 Å². The van der Waals surface area contributed by atoms with Gasteiger partial charge in [0.05, 0.1) is 6.61 Å². The number of carbonyl (C=O) groups is 2. The lowest BCUT2D eigenvalue weighted by atomic mass is 10.1. The second-order valence-corrected chi connectivity index (χ2v) is 9.92. The van der Waals surface area contributed by atoms with Crippen LogP contribution in [0.25, 0.3) is 0 Å². The number of carbonyl (C=O) groups excluding carboxylic acids is 2.